The Morgan fingerprint density at radius 2 is 0.874 bits per heavy atom. The first-order valence-corrected chi connectivity index (χ1v) is 31.1. The highest BCUT2D eigenvalue weighted by Crippen LogP contribution is 2.35. The van der Waals surface area contributed by atoms with Crippen molar-refractivity contribution in [3.63, 3.8) is 0 Å². The number of rotatable bonds is 26. The Balaban J connectivity index is 0.000000266. The molecule has 0 radical (unpaired) electrons. The van der Waals surface area contributed by atoms with Crippen molar-refractivity contribution in [2.24, 2.45) is 5.89 Å². The lowest BCUT2D eigenvalue weighted by atomic mass is 10.0. The fraction of sp³-hybridized carbons (Fsp3) is 0.370. The average Bonchev–Trinajstić information content (AvgIpc) is 1.52. The predicted octanol–water partition coefficient (Wildman–Crippen LogP) is 14.7. The van der Waals surface area contributed by atoms with Gasteiger partial charge in [0.25, 0.3) is 11.1 Å². The Hall–Kier alpha value is -7.92. The molecule has 0 saturated heterocycles. The Labute approximate surface area is 586 Å². The molecule has 1 atom stereocenters. The molecule has 2 heterocycles. The van der Waals surface area contributed by atoms with Crippen molar-refractivity contribution in [1.29, 1.82) is 0 Å². The number of thioether (sulfide) groups is 2. The minimum absolute atomic E-state index is 0.0485. The van der Waals surface area contributed by atoms with Crippen molar-refractivity contribution in [3.8, 4) is 22.3 Å². The summed E-state index contributed by atoms with van der Waals surface area (Å²) in [4.78, 5) is 66.8. The van der Waals surface area contributed by atoms with Gasteiger partial charge >= 0.3 is 12.4 Å². The molecule has 22 heteroatoms. The SMILES string of the molecule is [2H]C([2H])(Sc1nc(=O)c2c(n1CC(=O)N(CCN(C([2H])([2H])C)C([2H])([2H])C)C([2H])([2H])c1ccc(-c3ccc(C(F)(F)F)cc3)cc1)C([2H])([2H])C([2H])(C)C2([2H])[2H])c1ccc(F)cc1.[2H]C([2H])(Sc1nc(=O)c2c(n1CC(=O)N(CCN(C([2H])([2H])C)C([2H])([2H])C)C([2H])([2H])c1ccc(-c3ccc(C(F)(F)F)cc3)cc1)CCC2)c1ccc(F)cc1. The molecule has 0 bridgehead atoms. The quantitative estimate of drug-likeness (QED) is 0.0295. The molecule has 1 unspecified atom stereocenters. The van der Waals surface area contributed by atoms with Crippen LogP contribution in [0.15, 0.2) is 165 Å². The van der Waals surface area contributed by atoms with Crippen LogP contribution in [0.1, 0.15) is 126 Å². The fourth-order valence-corrected chi connectivity index (χ4v) is 11.5. The summed E-state index contributed by atoms with van der Waals surface area (Å²) in [5.74, 6) is -6.17. The number of likely N-dealkylation sites (N-methyl/N-ethyl adjacent to an activating group) is 2. The number of carbonyl (C=O) groups excluding carboxylic acids is 2. The van der Waals surface area contributed by atoms with Gasteiger partial charge in [-0.1, -0.05) is 155 Å². The van der Waals surface area contributed by atoms with Gasteiger partial charge in [-0.05, 0) is 157 Å². The minimum Gasteiger partial charge on any atom is -0.336 e. The van der Waals surface area contributed by atoms with Crippen LogP contribution < -0.4 is 11.1 Å². The van der Waals surface area contributed by atoms with E-state index in [1.807, 2.05) is 0 Å². The Kier molecular flexibility index (Phi) is 16.5. The maximum Gasteiger partial charge on any atom is 0.416 e. The van der Waals surface area contributed by atoms with Gasteiger partial charge in [0.1, 0.15) is 24.7 Å². The summed E-state index contributed by atoms with van der Waals surface area (Å²) in [6, 6.07) is 28.2. The van der Waals surface area contributed by atoms with E-state index in [-0.39, 0.29) is 39.2 Å². The molecule has 2 amide bonds. The zero-order valence-corrected chi connectivity index (χ0v) is 53.4. The predicted molar refractivity (Wildman–Crippen MR) is 358 cm³/mol. The number of alkyl halides is 6. The number of aromatic nitrogens is 4. The van der Waals surface area contributed by atoms with Crippen molar-refractivity contribution < 1.29 is 73.5 Å². The number of fused-ring (bicyclic) bond motifs is 2. The standard InChI is InChI=1S/C37H40F4N4O2S.C36H38F4N4O2S/c1-4-43(5-2)18-19-44(22-26-6-10-28(11-7-26)29-12-14-30(15-13-29)37(39,40)41)34(46)23-45-33-21-25(3)20-32(33)35(47)42-36(45)48-24-27-8-16-31(38)17-9-27;1-3-42(4-2)20-21-43(22-25-8-12-27(13-9-25)28-14-16-29(17-15-28)36(38,39)40)33(45)23-44-32-7-5-6-31(32)34(46)41-35(44)47-24-26-10-18-30(37)19-11-26/h6-17,25H,4-5,18-24H2,1-3H3;8-19H,3-7,20-24H2,1-2H3/i4D2,5D2,20D2,21D2,22D2,24D2,25D;3D2,4D2,22D2,24D2. The van der Waals surface area contributed by atoms with E-state index in [0.29, 0.717) is 78.9 Å². The van der Waals surface area contributed by atoms with E-state index in [1.54, 1.807) is 0 Å². The summed E-state index contributed by atoms with van der Waals surface area (Å²) >= 11 is 0.699. The van der Waals surface area contributed by atoms with E-state index in [9.17, 15) is 59.8 Å². The van der Waals surface area contributed by atoms with Gasteiger partial charge in [-0.25, -0.2) is 8.78 Å². The van der Waals surface area contributed by atoms with Crippen molar-refractivity contribution in [2.75, 3.05) is 52.2 Å². The first kappa shape index (κ1) is 47.9. The van der Waals surface area contributed by atoms with Crippen LogP contribution in [0.25, 0.3) is 22.3 Å². The second kappa shape index (κ2) is 32.7. The van der Waals surface area contributed by atoms with E-state index in [2.05, 4.69) is 9.97 Å². The second-order valence-electron chi connectivity index (χ2n) is 21.2. The number of hydrogen-bond acceptors (Lipinski definition) is 10. The molecule has 10 rings (SSSR count). The molecule has 95 heavy (non-hydrogen) atoms. The number of benzene rings is 6. The van der Waals surface area contributed by atoms with Gasteiger partial charge in [-0.15, -0.1) is 0 Å². The van der Waals surface area contributed by atoms with Crippen LogP contribution in [0.4, 0.5) is 35.1 Å². The lowest BCUT2D eigenvalue weighted by Gasteiger charge is -2.28. The summed E-state index contributed by atoms with van der Waals surface area (Å²) in [5.41, 5.74) is -8.36. The van der Waals surface area contributed by atoms with Gasteiger partial charge in [0, 0.05) is 96.4 Å². The van der Waals surface area contributed by atoms with Gasteiger partial charge in [0.2, 0.25) is 11.8 Å². The summed E-state index contributed by atoms with van der Waals surface area (Å²) < 4.78 is 291. The van der Waals surface area contributed by atoms with E-state index < -0.39 is 183 Å². The third-order valence-electron chi connectivity index (χ3n) is 14.9. The molecular formula is C73H78F8N8O4S2. The third kappa shape index (κ3) is 19.2. The van der Waals surface area contributed by atoms with Crippen LogP contribution in [0, 0.1) is 17.5 Å². The number of halogens is 8. The van der Waals surface area contributed by atoms with E-state index in [1.165, 1.54) is 89.5 Å². The fourth-order valence-electron chi connectivity index (χ4n) is 9.96. The average molecular weight is 1370 g/mol. The number of hydrogen-bond donors (Lipinski definition) is 0. The molecule has 6 aromatic carbocycles. The summed E-state index contributed by atoms with van der Waals surface area (Å²) in [5, 5.41) is -0.868. The molecule has 0 spiro atoms. The first-order valence-electron chi connectivity index (χ1n) is 40.0. The van der Waals surface area contributed by atoms with Crippen LogP contribution in [-0.2, 0) is 85.0 Å². The Bertz CT molecular complexity index is 5000. The van der Waals surface area contributed by atoms with E-state index >= 15 is 0 Å². The number of nitrogens with zero attached hydrogens (tertiary/aromatic N) is 8. The maximum absolute atomic E-state index is 14.7. The van der Waals surface area contributed by atoms with Crippen molar-refractivity contribution in [1.82, 2.24) is 38.7 Å². The molecular weight excluding hydrogens is 1270 g/mol. The number of carbonyl (C=O) groups is 2. The lowest BCUT2D eigenvalue weighted by molar-refractivity contribution is -0.138. The minimum atomic E-state index is -4.59. The highest BCUT2D eigenvalue weighted by Gasteiger charge is 2.33. The molecule has 2 aliphatic carbocycles. The molecule has 12 nitrogen and oxygen atoms in total. The number of amides is 2. The molecule has 0 saturated carbocycles. The van der Waals surface area contributed by atoms with Crippen molar-refractivity contribution >= 4 is 35.3 Å². The van der Waals surface area contributed by atoms with Crippen LogP contribution in [0.3, 0.4) is 0 Å². The smallest absolute Gasteiger partial charge is 0.336 e. The van der Waals surface area contributed by atoms with E-state index in [0.717, 1.165) is 105 Å². The molecule has 2 aromatic heterocycles. The monoisotopic (exact) mass is 1370 g/mol. The van der Waals surface area contributed by atoms with Crippen molar-refractivity contribution in [3.05, 3.63) is 234 Å². The summed E-state index contributed by atoms with van der Waals surface area (Å²) in [7, 11) is 0. The molecule has 2 aliphatic rings. The third-order valence-corrected chi connectivity index (χ3v) is 16.6. The van der Waals surface area contributed by atoms with Gasteiger partial charge in [-0.2, -0.15) is 36.3 Å². The summed E-state index contributed by atoms with van der Waals surface area (Å²) in [6.07, 6.45) is -14.0. The van der Waals surface area contributed by atoms with E-state index in [4.69, 9.17) is 23.3 Å². The van der Waals surface area contributed by atoms with Gasteiger partial charge < -0.3 is 28.7 Å². The highest BCUT2D eigenvalue weighted by molar-refractivity contribution is 7.98. The molecule has 0 N–H and O–H groups in total. The van der Waals surface area contributed by atoms with Crippen LogP contribution >= 0.6 is 23.5 Å². The Morgan fingerprint density at radius 1 is 0.516 bits per heavy atom. The maximum atomic E-state index is 14.7. The molecule has 0 aliphatic heterocycles. The largest absolute Gasteiger partial charge is 0.416 e. The summed E-state index contributed by atoms with van der Waals surface area (Å²) in [6.45, 7) is -13.7. The van der Waals surface area contributed by atoms with Gasteiger partial charge in [-0.3, -0.25) is 19.2 Å². The van der Waals surface area contributed by atoms with Gasteiger partial charge in [0.05, 0.1) is 16.6 Å². The molecule has 8 aromatic rings. The normalized spacial score (nSPS) is 19.9. The second-order valence-corrected chi connectivity index (χ2v) is 22.7. The topological polar surface area (TPSA) is 117 Å². The van der Waals surface area contributed by atoms with Crippen LogP contribution in [0.2, 0.25) is 0 Å². The van der Waals surface area contributed by atoms with Crippen LogP contribution in [-0.4, -0.2) is 103 Å². The Morgan fingerprint density at radius 3 is 1.25 bits per heavy atom. The zero-order chi connectivity index (χ0) is 86.8. The first-order chi connectivity index (χ1) is 53.0. The lowest BCUT2D eigenvalue weighted by Crippen LogP contribution is -2.40. The van der Waals surface area contributed by atoms with Gasteiger partial charge in [0.15, 0.2) is 10.3 Å². The zero-order valence-electron chi connectivity index (χ0n) is 72.8. The molecule has 502 valence electrons. The van der Waals surface area contributed by atoms with Crippen LogP contribution in [0.5, 0.6) is 0 Å². The molecule has 0 fully saturated rings. The highest BCUT2D eigenvalue weighted by atomic mass is 32.2. The van der Waals surface area contributed by atoms with Crippen molar-refractivity contribution in [2.45, 2.75) is 127 Å².